The molecule has 2 N–H and O–H groups in total. The van der Waals surface area contributed by atoms with E-state index in [0.717, 1.165) is 30.3 Å². The third kappa shape index (κ3) is 3.60. The van der Waals surface area contributed by atoms with Gasteiger partial charge in [-0.3, -0.25) is 14.8 Å². The van der Waals surface area contributed by atoms with Gasteiger partial charge in [-0.25, -0.2) is 17.6 Å². The van der Waals surface area contributed by atoms with E-state index in [-0.39, 0.29) is 10.6 Å². The first kappa shape index (κ1) is 17.6. The van der Waals surface area contributed by atoms with Crippen LogP contribution in [-0.4, -0.2) is 24.4 Å². The summed E-state index contributed by atoms with van der Waals surface area (Å²) in [5.74, 6) is -2.30. The molecule has 0 aromatic heterocycles. The van der Waals surface area contributed by atoms with Crippen LogP contribution in [0.2, 0.25) is 5.02 Å². The zero-order valence-corrected chi connectivity index (χ0v) is 13.1. The molecule has 2 aromatic rings. The summed E-state index contributed by atoms with van der Waals surface area (Å²) in [5.41, 5.74) is -1.63. The van der Waals surface area contributed by atoms with Gasteiger partial charge in [0.25, 0.3) is 15.7 Å². The van der Waals surface area contributed by atoms with Crippen molar-refractivity contribution in [3.05, 3.63) is 62.9 Å². The van der Waals surface area contributed by atoms with Crippen LogP contribution in [-0.2, 0) is 10.0 Å². The first-order chi connectivity index (χ1) is 11.1. The molecule has 2 aromatic carbocycles. The number of aromatic carboxylic acids is 1. The van der Waals surface area contributed by atoms with Gasteiger partial charge in [-0.05, 0) is 30.3 Å². The van der Waals surface area contributed by atoms with Crippen molar-refractivity contribution in [2.75, 3.05) is 4.72 Å². The molecule has 24 heavy (non-hydrogen) atoms. The molecule has 126 valence electrons. The van der Waals surface area contributed by atoms with Gasteiger partial charge in [0, 0.05) is 0 Å². The summed E-state index contributed by atoms with van der Waals surface area (Å²) in [6, 6.07) is 5.23. The number of anilines is 1. The van der Waals surface area contributed by atoms with Crippen LogP contribution < -0.4 is 4.72 Å². The topological polar surface area (TPSA) is 127 Å². The van der Waals surface area contributed by atoms with E-state index >= 15 is 0 Å². The summed E-state index contributed by atoms with van der Waals surface area (Å²) in [5, 5.41) is 19.5. The fraction of sp³-hybridized carbons (Fsp3) is 0. The summed E-state index contributed by atoms with van der Waals surface area (Å²) >= 11 is 5.77. The minimum absolute atomic E-state index is 0.280. The molecule has 0 unspecified atom stereocenters. The number of carbonyl (C=O) groups is 1. The third-order valence-corrected chi connectivity index (χ3v) is 4.72. The Hall–Kier alpha value is -2.72. The van der Waals surface area contributed by atoms with Gasteiger partial charge >= 0.3 is 5.97 Å². The second-order valence-electron chi connectivity index (χ2n) is 4.47. The van der Waals surface area contributed by atoms with Gasteiger partial charge < -0.3 is 5.11 Å². The Bertz CT molecular complexity index is 947. The first-order valence-electron chi connectivity index (χ1n) is 6.11. The molecule has 8 nitrogen and oxygen atoms in total. The van der Waals surface area contributed by atoms with Crippen molar-refractivity contribution >= 4 is 39.0 Å². The number of nitro groups is 1. The number of halogens is 2. The highest BCUT2D eigenvalue weighted by atomic mass is 35.5. The number of nitrogens with zero attached hydrogens (tertiary/aromatic N) is 1. The molecular weight excluding hydrogens is 367 g/mol. The van der Waals surface area contributed by atoms with E-state index < -0.39 is 43.0 Å². The molecule has 0 atom stereocenters. The highest BCUT2D eigenvalue weighted by Crippen LogP contribution is 2.30. The lowest BCUT2D eigenvalue weighted by atomic mass is 10.2. The maximum atomic E-state index is 13.1. The van der Waals surface area contributed by atoms with E-state index in [2.05, 4.69) is 0 Å². The van der Waals surface area contributed by atoms with E-state index in [0.29, 0.717) is 6.07 Å². The number of nitro benzene ring substituents is 1. The minimum atomic E-state index is -4.44. The van der Waals surface area contributed by atoms with E-state index in [1.807, 2.05) is 4.72 Å². The molecule has 0 amide bonds. The Labute approximate surface area is 139 Å². The molecule has 0 fully saturated rings. The highest BCUT2D eigenvalue weighted by Gasteiger charge is 2.24. The number of benzene rings is 2. The van der Waals surface area contributed by atoms with Crippen LogP contribution in [0.25, 0.3) is 0 Å². The second kappa shape index (κ2) is 6.42. The maximum Gasteiger partial charge on any atom is 0.335 e. The maximum absolute atomic E-state index is 13.1. The van der Waals surface area contributed by atoms with Crippen molar-refractivity contribution in [1.82, 2.24) is 0 Å². The van der Waals surface area contributed by atoms with Crippen LogP contribution in [0.3, 0.4) is 0 Å². The molecule has 11 heteroatoms. The van der Waals surface area contributed by atoms with Gasteiger partial charge in [-0.15, -0.1) is 0 Å². The monoisotopic (exact) mass is 374 g/mol. The predicted molar refractivity (Wildman–Crippen MR) is 82.3 cm³/mol. The van der Waals surface area contributed by atoms with Crippen LogP contribution >= 0.6 is 11.6 Å². The number of sulfonamides is 1. The van der Waals surface area contributed by atoms with Crippen LogP contribution in [0, 0.1) is 15.9 Å². The van der Waals surface area contributed by atoms with E-state index in [4.69, 9.17) is 16.7 Å². The molecule has 0 saturated carbocycles. The Morgan fingerprint density at radius 3 is 2.50 bits per heavy atom. The highest BCUT2D eigenvalue weighted by molar-refractivity contribution is 7.92. The zero-order valence-electron chi connectivity index (χ0n) is 11.6. The zero-order chi connectivity index (χ0) is 18.1. The first-order valence-corrected chi connectivity index (χ1v) is 7.97. The van der Waals surface area contributed by atoms with Crippen LogP contribution in [0.5, 0.6) is 0 Å². The van der Waals surface area contributed by atoms with Crippen LogP contribution in [0.4, 0.5) is 15.8 Å². The molecule has 0 aliphatic rings. The molecule has 0 saturated heterocycles. The minimum Gasteiger partial charge on any atom is -0.478 e. The fourth-order valence-corrected chi connectivity index (χ4v) is 3.39. The van der Waals surface area contributed by atoms with Crippen LogP contribution in [0.15, 0.2) is 41.3 Å². The molecule has 0 aliphatic carbocycles. The molecular formula is C13H8ClFN2O6S. The van der Waals surface area contributed by atoms with Crippen LogP contribution in [0.1, 0.15) is 10.4 Å². The molecule has 0 bridgehead atoms. The lowest BCUT2D eigenvalue weighted by molar-refractivity contribution is -0.384. The van der Waals surface area contributed by atoms with Crippen molar-refractivity contribution in [3.63, 3.8) is 0 Å². The van der Waals surface area contributed by atoms with E-state index in [1.165, 1.54) is 0 Å². The van der Waals surface area contributed by atoms with E-state index in [1.54, 1.807) is 0 Å². The number of carboxylic acid groups (broad SMARTS) is 1. The predicted octanol–water partition coefficient (Wildman–Crippen LogP) is 2.89. The number of carboxylic acids is 1. The van der Waals surface area contributed by atoms with Gasteiger partial charge in [0.2, 0.25) is 0 Å². The van der Waals surface area contributed by atoms with E-state index in [9.17, 15) is 27.7 Å². The second-order valence-corrected chi connectivity index (χ2v) is 6.53. The van der Waals surface area contributed by atoms with Gasteiger partial charge in [-0.1, -0.05) is 11.6 Å². The van der Waals surface area contributed by atoms with Gasteiger partial charge in [0.1, 0.15) is 16.4 Å². The number of hydrogen-bond acceptors (Lipinski definition) is 5. The molecule has 0 radical (unpaired) electrons. The SMILES string of the molecule is O=C(O)c1ccc(Cl)c(S(=O)(=O)Nc2ccc(F)cc2[N+](=O)[O-])c1. The third-order valence-electron chi connectivity index (χ3n) is 2.87. The van der Waals surface area contributed by atoms with Gasteiger partial charge in [0.05, 0.1) is 21.6 Å². The largest absolute Gasteiger partial charge is 0.478 e. The lowest BCUT2D eigenvalue weighted by Crippen LogP contribution is -2.15. The number of rotatable bonds is 5. The Kier molecular flexibility index (Phi) is 4.71. The van der Waals surface area contributed by atoms with Crippen molar-refractivity contribution in [2.45, 2.75) is 4.90 Å². The quantitative estimate of drug-likeness (QED) is 0.612. The number of hydrogen-bond donors (Lipinski definition) is 2. The van der Waals surface area contributed by atoms with Gasteiger partial charge in [0.15, 0.2) is 0 Å². The van der Waals surface area contributed by atoms with Crippen molar-refractivity contribution < 1.29 is 27.6 Å². The summed E-state index contributed by atoms with van der Waals surface area (Å²) in [6.07, 6.45) is 0. The normalized spacial score (nSPS) is 11.1. The average molecular weight is 375 g/mol. The lowest BCUT2D eigenvalue weighted by Gasteiger charge is -2.10. The molecule has 0 spiro atoms. The summed E-state index contributed by atoms with van der Waals surface area (Å²) in [4.78, 5) is 20.3. The number of nitrogens with one attached hydrogen (secondary N) is 1. The summed E-state index contributed by atoms with van der Waals surface area (Å²) in [7, 11) is -4.44. The fourth-order valence-electron chi connectivity index (χ4n) is 1.78. The van der Waals surface area contributed by atoms with Gasteiger partial charge in [-0.2, -0.15) is 0 Å². The Morgan fingerprint density at radius 2 is 1.92 bits per heavy atom. The Morgan fingerprint density at radius 1 is 1.25 bits per heavy atom. The standard InChI is InChI=1S/C13H8ClFN2O6S/c14-9-3-1-7(13(18)19)5-12(9)24(22,23)16-10-4-2-8(15)6-11(10)17(20)21/h1-6,16H,(H,18,19). The smallest absolute Gasteiger partial charge is 0.335 e. The molecule has 0 aliphatic heterocycles. The van der Waals surface area contributed by atoms with Crippen molar-refractivity contribution in [3.8, 4) is 0 Å². The molecule has 2 rings (SSSR count). The average Bonchev–Trinajstić information content (AvgIpc) is 2.48. The molecule has 0 heterocycles. The van der Waals surface area contributed by atoms with Crippen molar-refractivity contribution in [1.29, 1.82) is 0 Å². The van der Waals surface area contributed by atoms with Crippen molar-refractivity contribution in [2.24, 2.45) is 0 Å². The summed E-state index contributed by atoms with van der Waals surface area (Å²) in [6.45, 7) is 0. The Balaban J connectivity index is 2.52. The summed E-state index contributed by atoms with van der Waals surface area (Å²) < 4.78 is 39.7.